The molecule has 2 heterocycles. The Morgan fingerprint density at radius 3 is 2.36 bits per heavy atom. The number of hydrogen-bond acceptors (Lipinski definition) is 4. The van der Waals surface area contributed by atoms with E-state index in [2.05, 4.69) is 0 Å². The number of likely N-dealkylation sites (tertiary alicyclic amines) is 1. The van der Waals surface area contributed by atoms with Crippen LogP contribution in [0.5, 0.6) is 0 Å². The molecular weight excluding hydrogens is 342 g/mol. The number of hydrogen-bond donors (Lipinski definition) is 0. The van der Waals surface area contributed by atoms with E-state index in [0.717, 1.165) is 5.56 Å². The quantitative estimate of drug-likeness (QED) is 0.470. The summed E-state index contributed by atoms with van der Waals surface area (Å²) in [6, 6.07) is 4.73. The van der Waals surface area contributed by atoms with Crippen molar-refractivity contribution in [2.75, 3.05) is 0 Å². The van der Waals surface area contributed by atoms with Crippen molar-refractivity contribution in [1.82, 2.24) is 4.90 Å². The van der Waals surface area contributed by atoms with E-state index in [1.807, 2.05) is 19.1 Å². The van der Waals surface area contributed by atoms with Crippen LogP contribution in [0.4, 0.5) is 0 Å². The maximum atomic E-state index is 12.6. The number of imide groups is 1. The fraction of sp³-hybridized carbons (Fsp3) is 0.316. The van der Waals surface area contributed by atoms with Crippen molar-refractivity contribution in [2.24, 2.45) is 11.8 Å². The van der Waals surface area contributed by atoms with Gasteiger partial charge in [-0.2, -0.15) is 0 Å². The van der Waals surface area contributed by atoms with Crippen LogP contribution < -0.4 is 5.63 Å². The van der Waals surface area contributed by atoms with Gasteiger partial charge >= 0.3 is 5.63 Å². The van der Waals surface area contributed by atoms with Gasteiger partial charge in [-0.25, -0.2) is 4.79 Å². The Morgan fingerprint density at radius 1 is 1.08 bits per heavy atom. The Kier molecular flexibility index (Phi) is 3.76. The topological polar surface area (TPSA) is 67.6 Å². The van der Waals surface area contributed by atoms with Crippen molar-refractivity contribution in [3.63, 3.8) is 0 Å². The van der Waals surface area contributed by atoms with E-state index in [1.165, 1.54) is 11.0 Å². The second kappa shape index (κ2) is 5.85. The van der Waals surface area contributed by atoms with E-state index >= 15 is 0 Å². The molecule has 1 aromatic carbocycles. The molecule has 2 aromatic rings. The molecule has 1 aliphatic carbocycles. The second-order valence-corrected chi connectivity index (χ2v) is 7.01. The molecule has 6 heteroatoms. The van der Waals surface area contributed by atoms with Gasteiger partial charge in [0.05, 0.1) is 18.4 Å². The lowest BCUT2D eigenvalue weighted by atomic mass is 9.85. The highest BCUT2D eigenvalue weighted by Crippen LogP contribution is 2.36. The van der Waals surface area contributed by atoms with E-state index in [-0.39, 0.29) is 30.2 Å². The predicted molar refractivity (Wildman–Crippen MR) is 93.1 cm³/mol. The molecule has 128 valence electrons. The zero-order valence-electron chi connectivity index (χ0n) is 13.6. The monoisotopic (exact) mass is 357 g/mol. The van der Waals surface area contributed by atoms with Crippen molar-refractivity contribution in [3.05, 3.63) is 56.9 Å². The van der Waals surface area contributed by atoms with Gasteiger partial charge in [0.15, 0.2) is 0 Å². The minimum Gasteiger partial charge on any atom is -0.423 e. The molecule has 0 spiro atoms. The molecule has 1 saturated heterocycles. The molecule has 2 aliphatic rings. The van der Waals surface area contributed by atoms with Crippen LogP contribution in [0.15, 0.2) is 39.6 Å². The Hall–Kier alpha value is -2.40. The molecule has 0 unspecified atom stereocenters. The van der Waals surface area contributed by atoms with Crippen LogP contribution in [-0.4, -0.2) is 16.7 Å². The van der Waals surface area contributed by atoms with Gasteiger partial charge in [-0.1, -0.05) is 23.8 Å². The van der Waals surface area contributed by atoms with E-state index in [1.54, 1.807) is 12.1 Å². The van der Waals surface area contributed by atoms with Crippen molar-refractivity contribution in [1.29, 1.82) is 0 Å². The molecule has 5 nitrogen and oxygen atoms in total. The number of allylic oxidation sites excluding steroid dienone is 2. The molecule has 0 radical (unpaired) electrons. The van der Waals surface area contributed by atoms with E-state index in [0.29, 0.717) is 34.4 Å². The average Bonchev–Trinajstić information content (AvgIpc) is 2.82. The van der Waals surface area contributed by atoms with Crippen LogP contribution >= 0.6 is 11.6 Å². The number of benzene rings is 1. The lowest BCUT2D eigenvalue weighted by molar-refractivity contribution is -0.140. The number of carbonyl (C=O) groups excluding carboxylic acids is 2. The third-order valence-electron chi connectivity index (χ3n) is 5.04. The summed E-state index contributed by atoms with van der Waals surface area (Å²) >= 11 is 6.20. The Bertz CT molecular complexity index is 965. The number of fused-ring (bicyclic) bond motifs is 2. The number of halogens is 1. The molecule has 0 saturated carbocycles. The molecule has 1 aliphatic heterocycles. The highest BCUT2D eigenvalue weighted by atomic mass is 35.5. The number of amides is 2. The molecule has 2 amide bonds. The zero-order valence-corrected chi connectivity index (χ0v) is 14.4. The van der Waals surface area contributed by atoms with Crippen molar-refractivity contribution < 1.29 is 14.0 Å². The highest BCUT2D eigenvalue weighted by molar-refractivity contribution is 6.32. The first-order chi connectivity index (χ1) is 12.0. The fourth-order valence-electron chi connectivity index (χ4n) is 3.67. The van der Waals surface area contributed by atoms with Crippen molar-refractivity contribution in [3.8, 4) is 0 Å². The van der Waals surface area contributed by atoms with Gasteiger partial charge in [-0.05, 0) is 43.0 Å². The Labute approximate surface area is 148 Å². The first-order valence-electron chi connectivity index (χ1n) is 8.19. The van der Waals surface area contributed by atoms with E-state index in [4.69, 9.17) is 16.0 Å². The maximum Gasteiger partial charge on any atom is 0.336 e. The van der Waals surface area contributed by atoms with E-state index in [9.17, 15) is 14.4 Å². The summed E-state index contributed by atoms with van der Waals surface area (Å²) in [4.78, 5) is 38.4. The first-order valence-corrected chi connectivity index (χ1v) is 8.56. The first kappa shape index (κ1) is 16.1. The third kappa shape index (κ3) is 2.59. The second-order valence-electron chi connectivity index (χ2n) is 6.61. The van der Waals surface area contributed by atoms with Crippen LogP contribution in [0, 0.1) is 18.8 Å². The van der Waals surface area contributed by atoms with Gasteiger partial charge in [0.1, 0.15) is 5.58 Å². The van der Waals surface area contributed by atoms with E-state index < -0.39 is 5.63 Å². The minimum atomic E-state index is -0.512. The molecular formula is C19H16ClNO4. The SMILES string of the molecule is Cc1cc2oc(=O)cc(CN3C(=O)[C@H]4CC=CC[C@H]4C3=O)c2cc1Cl. The average molecular weight is 358 g/mol. The highest BCUT2D eigenvalue weighted by Gasteiger charge is 2.47. The summed E-state index contributed by atoms with van der Waals surface area (Å²) in [6.07, 6.45) is 5.08. The molecule has 0 bridgehead atoms. The summed E-state index contributed by atoms with van der Waals surface area (Å²) in [7, 11) is 0. The number of aryl methyl sites for hydroxylation is 1. The molecule has 4 rings (SSSR count). The van der Waals surface area contributed by atoms with Gasteiger partial charge in [0.2, 0.25) is 11.8 Å². The molecule has 1 fully saturated rings. The van der Waals surface area contributed by atoms with Gasteiger partial charge in [-0.3, -0.25) is 14.5 Å². The van der Waals surface area contributed by atoms with Crippen LogP contribution in [0.1, 0.15) is 24.0 Å². The van der Waals surface area contributed by atoms with Gasteiger partial charge in [0, 0.05) is 16.5 Å². The summed E-state index contributed by atoms with van der Waals surface area (Å²) < 4.78 is 5.24. The lowest BCUT2D eigenvalue weighted by Gasteiger charge is -2.16. The predicted octanol–water partition coefficient (Wildman–Crippen LogP) is 3.21. The summed E-state index contributed by atoms with van der Waals surface area (Å²) in [5.74, 6) is -0.901. The largest absolute Gasteiger partial charge is 0.423 e. The third-order valence-corrected chi connectivity index (χ3v) is 5.44. The summed E-state index contributed by atoms with van der Waals surface area (Å²) in [5.41, 5.74) is 1.26. The van der Waals surface area contributed by atoms with Crippen LogP contribution in [0.3, 0.4) is 0 Å². The van der Waals surface area contributed by atoms with Crippen LogP contribution in [0.25, 0.3) is 11.0 Å². The molecule has 1 aromatic heterocycles. The summed E-state index contributed by atoms with van der Waals surface area (Å²) in [5, 5.41) is 1.18. The molecule has 0 N–H and O–H groups in total. The molecule has 25 heavy (non-hydrogen) atoms. The number of nitrogens with zero attached hydrogens (tertiary/aromatic N) is 1. The van der Waals surface area contributed by atoms with Crippen LogP contribution in [0.2, 0.25) is 5.02 Å². The van der Waals surface area contributed by atoms with Gasteiger partial charge in [-0.15, -0.1) is 0 Å². The standard InChI is InChI=1S/C19H16ClNO4/c1-10-6-16-14(8-15(10)20)11(7-17(22)25-16)9-21-18(23)12-4-2-3-5-13(12)19(21)24/h2-3,6-8,12-13H,4-5,9H2,1H3/t12-,13+. The van der Waals surface area contributed by atoms with Crippen molar-refractivity contribution >= 4 is 34.4 Å². The Morgan fingerprint density at radius 2 is 1.72 bits per heavy atom. The fourth-order valence-corrected chi connectivity index (χ4v) is 3.84. The molecule has 2 atom stereocenters. The van der Waals surface area contributed by atoms with Crippen molar-refractivity contribution in [2.45, 2.75) is 26.3 Å². The number of rotatable bonds is 2. The maximum absolute atomic E-state index is 12.6. The Balaban J connectivity index is 1.76. The normalized spacial score (nSPS) is 22.7. The van der Waals surface area contributed by atoms with Gasteiger partial charge in [0.25, 0.3) is 0 Å². The minimum absolute atomic E-state index is 0.0617. The lowest BCUT2D eigenvalue weighted by Crippen LogP contribution is -2.31. The van der Waals surface area contributed by atoms with Gasteiger partial charge < -0.3 is 4.42 Å². The summed E-state index contributed by atoms with van der Waals surface area (Å²) in [6.45, 7) is 1.88. The zero-order chi connectivity index (χ0) is 17.7. The van der Waals surface area contributed by atoms with Crippen LogP contribution in [-0.2, 0) is 16.1 Å². The smallest absolute Gasteiger partial charge is 0.336 e. The number of carbonyl (C=O) groups is 2.